The molecule has 0 spiro atoms. The summed E-state index contributed by atoms with van der Waals surface area (Å²) in [7, 11) is 0. The van der Waals surface area contributed by atoms with E-state index in [4.69, 9.17) is 9.47 Å². The molecule has 1 heterocycles. The highest BCUT2D eigenvalue weighted by Gasteiger charge is 2.34. The molecule has 0 amide bonds. The molecule has 3 heteroatoms. The van der Waals surface area contributed by atoms with Crippen molar-refractivity contribution in [2.75, 3.05) is 13.2 Å². The summed E-state index contributed by atoms with van der Waals surface area (Å²) < 4.78 is 12.2. The highest BCUT2D eigenvalue weighted by molar-refractivity contribution is 5.59. The average Bonchev–Trinajstić information content (AvgIpc) is 2.48. The number of hydrogen-bond acceptors (Lipinski definition) is 3. The molecule has 1 aromatic rings. The maximum absolute atomic E-state index is 9.55. The van der Waals surface area contributed by atoms with E-state index in [0.717, 1.165) is 54.9 Å². The minimum absolute atomic E-state index is 0.0543. The van der Waals surface area contributed by atoms with E-state index in [-0.39, 0.29) is 6.61 Å². The van der Waals surface area contributed by atoms with Crippen molar-refractivity contribution in [3.8, 4) is 11.5 Å². The molecule has 0 radical (unpaired) electrons. The van der Waals surface area contributed by atoms with Crippen molar-refractivity contribution < 1.29 is 14.6 Å². The summed E-state index contributed by atoms with van der Waals surface area (Å²) in [5.41, 5.74) is 4.28. The van der Waals surface area contributed by atoms with Gasteiger partial charge in [0.15, 0.2) is 0 Å². The molecule has 0 saturated carbocycles. The lowest BCUT2D eigenvalue weighted by atomic mass is 9.87. The van der Waals surface area contributed by atoms with Gasteiger partial charge in [-0.15, -0.1) is 0 Å². The van der Waals surface area contributed by atoms with Crippen LogP contribution in [-0.2, 0) is 6.42 Å². The quantitative estimate of drug-likeness (QED) is 0.837. The highest BCUT2D eigenvalue weighted by atomic mass is 16.5. The average molecular weight is 292 g/mol. The lowest BCUT2D eigenvalue weighted by Crippen LogP contribution is -2.40. The minimum atomic E-state index is -0.457. The molecule has 0 saturated heterocycles. The number of unbranched alkanes of at least 4 members (excludes halogenated alkanes) is 1. The van der Waals surface area contributed by atoms with Crippen molar-refractivity contribution in [1.29, 1.82) is 0 Å². The fourth-order valence-electron chi connectivity index (χ4n) is 2.93. The second-order valence-corrected chi connectivity index (χ2v) is 6.42. The molecule has 1 N–H and O–H groups in total. The fourth-order valence-corrected chi connectivity index (χ4v) is 2.93. The topological polar surface area (TPSA) is 38.7 Å². The molecule has 3 nitrogen and oxygen atoms in total. The van der Waals surface area contributed by atoms with Crippen LogP contribution in [0.5, 0.6) is 11.5 Å². The van der Waals surface area contributed by atoms with Crippen LogP contribution in [0.1, 0.15) is 55.4 Å². The van der Waals surface area contributed by atoms with Crippen LogP contribution in [0.4, 0.5) is 0 Å². The minimum Gasteiger partial charge on any atom is -0.493 e. The lowest BCUT2D eigenvalue weighted by molar-refractivity contribution is 0.00717. The molecule has 0 bridgehead atoms. The number of ether oxygens (including phenoxy) is 2. The summed E-state index contributed by atoms with van der Waals surface area (Å²) in [5.74, 6) is 1.98. The second-order valence-electron chi connectivity index (χ2n) is 6.42. The van der Waals surface area contributed by atoms with Gasteiger partial charge in [0.05, 0.1) is 13.2 Å². The number of hydrogen-bond donors (Lipinski definition) is 1. The molecule has 2 rings (SSSR count). The molecule has 0 aliphatic carbocycles. The van der Waals surface area contributed by atoms with Crippen LogP contribution in [0.25, 0.3) is 0 Å². The summed E-state index contributed by atoms with van der Waals surface area (Å²) in [4.78, 5) is 0. The van der Waals surface area contributed by atoms with Gasteiger partial charge in [0.2, 0.25) is 0 Å². The van der Waals surface area contributed by atoms with Crippen molar-refractivity contribution >= 4 is 0 Å². The van der Waals surface area contributed by atoms with E-state index in [0.29, 0.717) is 0 Å². The number of aliphatic hydroxyl groups excluding tert-OH is 1. The van der Waals surface area contributed by atoms with E-state index in [1.165, 1.54) is 11.1 Å². The predicted octanol–water partition coefficient (Wildman–Crippen LogP) is 3.87. The molecular weight excluding hydrogens is 264 g/mol. The third-order valence-corrected chi connectivity index (χ3v) is 4.64. The molecule has 118 valence electrons. The molecule has 1 atom stereocenters. The number of rotatable bonds is 5. The molecule has 21 heavy (non-hydrogen) atoms. The summed E-state index contributed by atoms with van der Waals surface area (Å²) in [6.07, 6.45) is 3.99. The van der Waals surface area contributed by atoms with E-state index in [1.54, 1.807) is 0 Å². The van der Waals surface area contributed by atoms with Gasteiger partial charge in [-0.2, -0.15) is 0 Å². The third-order valence-electron chi connectivity index (χ3n) is 4.64. The van der Waals surface area contributed by atoms with Gasteiger partial charge in [-0.3, -0.25) is 0 Å². The Hall–Kier alpha value is -1.22. The van der Waals surface area contributed by atoms with E-state index < -0.39 is 5.60 Å². The highest BCUT2D eigenvalue weighted by Crippen LogP contribution is 2.43. The number of fused-ring (bicyclic) bond motifs is 1. The van der Waals surface area contributed by atoms with Gasteiger partial charge >= 0.3 is 0 Å². The van der Waals surface area contributed by atoms with Gasteiger partial charge in [0.1, 0.15) is 17.1 Å². The van der Waals surface area contributed by atoms with E-state index in [2.05, 4.69) is 27.7 Å². The van der Waals surface area contributed by atoms with Crippen LogP contribution < -0.4 is 9.47 Å². The largest absolute Gasteiger partial charge is 0.493 e. The van der Waals surface area contributed by atoms with Gasteiger partial charge in [-0.1, -0.05) is 13.3 Å². The second kappa shape index (κ2) is 6.27. The molecule has 1 aromatic carbocycles. The van der Waals surface area contributed by atoms with Crippen LogP contribution in [0.15, 0.2) is 0 Å². The smallest absolute Gasteiger partial charge is 0.129 e. The van der Waals surface area contributed by atoms with Gasteiger partial charge < -0.3 is 14.6 Å². The van der Waals surface area contributed by atoms with Crippen LogP contribution in [0, 0.1) is 20.8 Å². The normalized spacial score (nSPS) is 20.9. The van der Waals surface area contributed by atoms with Crippen molar-refractivity contribution in [1.82, 2.24) is 0 Å². The standard InChI is InChI=1S/C18H28O3/c1-6-7-10-20-16-12(2)13(3)17-15(14(16)4)8-9-18(5,11-19)21-17/h19H,6-11H2,1-5H3/t18-/m1/s1. The Morgan fingerprint density at radius 2 is 1.90 bits per heavy atom. The van der Waals surface area contributed by atoms with Crippen LogP contribution in [-0.4, -0.2) is 23.9 Å². The predicted molar refractivity (Wildman–Crippen MR) is 85.5 cm³/mol. The Labute approximate surface area is 128 Å². The molecule has 0 unspecified atom stereocenters. The van der Waals surface area contributed by atoms with E-state index in [9.17, 15) is 5.11 Å². The van der Waals surface area contributed by atoms with Crippen LogP contribution in [0.2, 0.25) is 0 Å². The van der Waals surface area contributed by atoms with Crippen molar-refractivity contribution in [3.63, 3.8) is 0 Å². The monoisotopic (exact) mass is 292 g/mol. The number of aliphatic hydroxyl groups is 1. The Morgan fingerprint density at radius 3 is 2.52 bits per heavy atom. The van der Waals surface area contributed by atoms with Crippen LogP contribution >= 0.6 is 0 Å². The first kappa shape index (κ1) is 16.2. The number of benzene rings is 1. The summed E-state index contributed by atoms with van der Waals surface area (Å²) in [6, 6.07) is 0. The summed E-state index contributed by atoms with van der Waals surface area (Å²) >= 11 is 0. The first-order valence-electron chi connectivity index (χ1n) is 7.99. The van der Waals surface area contributed by atoms with Crippen molar-refractivity contribution in [2.24, 2.45) is 0 Å². The Bertz CT molecular complexity index is 522. The van der Waals surface area contributed by atoms with E-state index in [1.807, 2.05) is 6.92 Å². The lowest BCUT2D eigenvalue weighted by Gasteiger charge is -2.37. The van der Waals surface area contributed by atoms with E-state index >= 15 is 0 Å². The SMILES string of the molecule is CCCCOc1c(C)c(C)c2c(c1C)CC[C@](C)(CO)O2. The Balaban J connectivity index is 2.40. The molecule has 0 fully saturated rings. The van der Waals surface area contributed by atoms with Gasteiger partial charge in [-0.25, -0.2) is 0 Å². The third kappa shape index (κ3) is 3.03. The zero-order chi connectivity index (χ0) is 15.6. The Kier molecular flexibility index (Phi) is 4.82. The molecule has 1 aliphatic heterocycles. The maximum atomic E-state index is 9.55. The molecule has 0 aromatic heterocycles. The molecular formula is C18H28O3. The maximum Gasteiger partial charge on any atom is 0.129 e. The first-order valence-corrected chi connectivity index (χ1v) is 7.99. The summed E-state index contributed by atoms with van der Waals surface area (Å²) in [6.45, 7) is 11.3. The fraction of sp³-hybridized carbons (Fsp3) is 0.667. The van der Waals surface area contributed by atoms with Crippen molar-refractivity contribution in [3.05, 3.63) is 22.3 Å². The van der Waals surface area contributed by atoms with Gasteiger partial charge in [0.25, 0.3) is 0 Å². The van der Waals surface area contributed by atoms with Gasteiger partial charge in [-0.05, 0) is 63.6 Å². The zero-order valence-corrected chi connectivity index (χ0v) is 14.0. The van der Waals surface area contributed by atoms with Crippen molar-refractivity contribution in [2.45, 2.75) is 65.9 Å². The summed E-state index contributed by atoms with van der Waals surface area (Å²) in [5, 5.41) is 9.55. The Morgan fingerprint density at radius 1 is 1.19 bits per heavy atom. The van der Waals surface area contributed by atoms with Crippen LogP contribution in [0.3, 0.4) is 0 Å². The molecule has 1 aliphatic rings. The zero-order valence-electron chi connectivity index (χ0n) is 14.0. The van der Waals surface area contributed by atoms with Gasteiger partial charge in [0, 0.05) is 5.56 Å². The first-order chi connectivity index (χ1) is 9.93.